The standard InChI is InChI=1S/C23H26ClNO7S/c1-14-10-16(25-22(27)23(28)31-2)11-18(24)21(14)32-17-8-9-19(26)20(12-17)33(29,30)13-15-6-4-3-5-7-15/h8-12,15,26H,3-7,13H2,1-2H3,(H,25,27). The maximum absolute atomic E-state index is 13.0. The Hall–Kier alpha value is -2.78. The molecule has 0 aromatic heterocycles. The van der Waals surface area contributed by atoms with Crippen molar-refractivity contribution in [1.29, 1.82) is 0 Å². The Balaban J connectivity index is 1.82. The lowest BCUT2D eigenvalue weighted by Crippen LogP contribution is -2.23. The van der Waals surface area contributed by atoms with Gasteiger partial charge in [-0.15, -0.1) is 0 Å². The molecule has 0 heterocycles. The van der Waals surface area contributed by atoms with Gasteiger partial charge in [0, 0.05) is 11.8 Å². The number of rotatable bonds is 6. The minimum atomic E-state index is -3.71. The molecule has 1 aliphatic rings. The van der Waals surface area contributed by atoms with Crippen LogP contribution in [0.2, 0.25) is 5.02 Å². The number of sulfone groups is 1. The topological polar surface area (TPSA) is 119 Å². The van der Waals surface area contributed by atoms with Crippen molar-refractivity contribution in [2.45, 2.75) is 43.9 Å². The molecule has 0 saturated heterocycles. The summed E-state index contributed by atoms with van der Waals surface area (Å²) in [5.41, 5.74) is 0.795. The van der Waals surface area contributed by atoms with Crippen LogP contribution < -0.4 is 10.1 Å². The monoisotopic (exact) mass is 495 g/mol. The Morgan fingerprint density at radius 2 is 1.85 bits per heavy atom. The number of carbonyl (C=O) groups excluding carboxylic acids is 2. The molecule has 2 aromatic rings. The minimum absolute atomic E-state index is 0.0155. The van der Waals surface area contributed by atoms with Gasteiger partial charge in [0.15, 0.2) is 9.84 Å². The lowest BCUT2D eigenvalue weighted by molar-refractivity contribution is -0.150. The van der Waals surface area contributed by atoms with E-state index >= 15 is 0 Å². The van der Waals surface area contributed by atoms with Gasteiger partial charge in [0.2, 0.25) is 0 Å². The zero-order chi connectivity index (χ0) is 24.2. The van der Waals surface area contributed by atoms with Gasteiger partial charge in [-0.1, -0.05) is 30.9 Å². The fourth-order valence-corrected chi connectivity index (χ4v) is 6.01. The number of hydrogen-bond acceptors (Lipinski definition) is 7. The summed E-state index contributed by atoms with van der Waals surface area (Å²) < 4.78 is 36.1. The number of aryl methyl sites for hydroxylation is 1. The first-order valence-electron chi connectivity index (χ1n) is 10.5. The number of halogens is 1. The van der Waals surface area contributed by atoms with Crippen LogP contribution in [-0.4, -0.2) is 38.3 Å². The summed E-state index contributed by atoms with van der Waals surface area (Å²) in [5, 5.41) is 12.7. The molecule has 0 radical (unpaired) electrons. The summed E-state index contributed by atoms with van der Waals surface area (Å²) >= 11 is 6.31. The largest absolute Gasteiger partial charge is 0.507 e. The molecule has 0 bridgehead atoms. The van der Waals surface area contributed by atoms with Crippen LogP contribution >= 0.6 is 11.6 Å². The smallest absolute Gasteiger partial charge is 0.396 e. The number of anilines is 1. The quantitative estimate of drug-likeness (QED) is 0.443. The van der Waals surface area contributed by atoms with E-state index in [2.05, 4.69) is 10.1 Å². The zero-order valence-electron chi connectivity index (χ0n) is 18.4. The van der Waals surface area contributed by atoms with Gasteiger partial charge < -0.3 is 19.9 Å². The molecule has 2 aromatic carbocycles. The van der Waals surface area contributed by atoms with E-state index in [4.69, 9.17) is 16.3 Å². The van der Waals surface area contributed by atoms with E-state index in [1.54, 1.807) is 13.0 Å². The molecule has 0 spiro atoms. The molecule has 1 fully saturated rings. The molecule has 1 aliphatic carbocycles. The summed E-state index contributed by atoms with van der Waals surface area (Å²) in [6.45, 7) is 1.68. The number of phenols is 1. The number of amides is 1. The number of benzene rings is 2. The number of nitrogens with one attached hydrogen (secondary N) is 1. The Bertz CT molecular complexity index is 1130. The van der Waals surface area contributed by atoms with Crippen molar-refractivity contribution in [2.75, 3.05) is 18.2 Å². The SMILES string of the molecule is COC(=O)C(=O)Nc1cc(C)c(Oc2ccc(O)c(S(=O)(=O)CC3CCCCC3)c2)c(Cl)c1. The van der Waals surface area contributed by atoms with Gasteiger partial charge in [0.25, 0.3) is 0 Å². The summed E-state index contributed by atoms with van der Waals surface area (Å²) in [6.07, 6.45) is 4.89. The summed E-state index contributed by atoms with van der Waals surface area (Å²) in [4.78, 5) is 22.8. The molecule has 1 amide bonds. The Labute approximate surface area is 197 Å². The van der Waals surface area contributed by atoms with E-state index in [9.17, 15) is 23.1 Å². The molecule has 0 aliphatic heterocycles. The molecule has 2 N–H and O–H groups in total. The molecular weight excluding hydrogens is 470 g/mol. The van der Waals surface area contributed by atoms with Gasteiger partial charge in [-0.25, -0.2) is 13.2 Å². The zero-order valence-corrected chi connectivity index (χ0v) is 20.0. The van der Waals surface area contributed by atoms with Gasteiger partial charge in [-0.05, 0) is 55.5 Å². The van der Waals surface area contributed by atoms with Crippen LogP contribution in [0.5, 0.6) is 17.2 Å². The van der Waals surface area contributed by atoms with Crippen molar-refractivity contribution < 1.29 is 32.6 Å². The summed E-state index contributed by atoms with van der Waals surface area (Å²) in [7, 11) is -2.62. The number of aromatic hydroxyl groups is 1. The molecule has 3 rings (SSSR count). The van der Waals surface area contributed by atoms with E-state index in [0.717, 1.165) is 39.2 Å². The van der Waals surface area contributed by atoms with E-state index < -0.39 is 21.7 Å². The Morgan fingerprint density at radius 1 is 1.15 bits per heavy atom. The first-order chi connectivity index (χ1) is 15.6. The number of phenolic OH excluding ortho intramolecular Hbond substituents is 1. The highest BCUT2D eigenvalue weighted by Crippen LogP contribution is 2.38. The number of hydrogen-bond donors (Lipinski definition) is 2. The first-order valence-corrected chi connectivity index (χ1v) is 12.6. The average molecular weight is 496 g/mol. The molecular formula is C23H26ClNO7S. The third-order valence-electron chi connectivity index (χ3n) is 5.52. The normalized spacial score (nSPS) is 14.5. The lowest BCUT2D eigenvalue weighted by Gasteiger charge is -2.21. The fourth-order valence-electron chi connectivity index (χ4n) is 3.89. The van der Waals surface area contributed by atoms with Crippen LogP contribution in [0.4, 0.5) is 5.69 Å². The van der Waals surface area contributed by atoms with Crippen molar-refractivity contribution in [3.05, 3.63) is 40.9 Å². The van der Waals surface area contributed by atoms with Crippen LogP contribution in [0.15, 0.2) is 35.2 Å². The van der Waals surface area contributed by atoms with E-state index in [-0.39, 0.29) is 44.5 Å². The fraction of sp³-hybridized carbons (Fsp3) is 0.391. The third-order valence-corrected chi connectivity index (χ3v) is 7.71. The molecule has 0 unspecified atom stereocenters. The van der Waals surface area contributed by atoms with Gasteiger partial charge in [-0.2, -0.15) is 0 Å². The van der Waals surface area contributed by atoms with Crippen molar-refractivity contribution in [2.24, 2.45) is 5.92 Å². The predicted molar refractivity (Wildman–Crippen MR) is 124 cm³/mol. The highest BCUT2D eigenvalue weighted by Gasteiger charge is 2.26. The van der Waals surface area contributed by atoms with E-state index in [1.807, 2.05) is 0 Å². The highest BCUT2D eigenvalue weighted by molar-refractivity contribution is 7.91. The minimum Gasteiger partial charge on any atom is -0.507 e. The highest BCUT2D eigenvalue weighted by atomic mass is 35.5. The second-order valence-electron chi connectivity index (χ2n) is 8.07. The number of ether oxygens (including phenoxy) is 2. The molecule has 8 nitrogen and oxygen atoms in total. The van der Waals surface area contributed by atoms with E-state index in [0.29, 0.717) is 5.56 Å². The summed E-state index contributed by atoms with van der Waals surface area (Å²) in [5.74, 6) is -1.83. The second kappa shape index (κ2) is 10.4. The van der Waals surface area contributed by atoms with Crippen molar-refractivity contribution in [3.63, 3.8) is 0 Å². The van der Waals surface area contributed by atoms with Crippen LogP contribution in [0.25, 0.3) is 0 Å². The maximum atomic E-state index is 13.0. The van der Waals surface area contributed by atoms with Crippen LogP contribution in [-0.2, 0) is 24.2 Å². The second-order valence-corrected chi connectivity index (χ2v) is 10.5. The van der Waals surface area contributed by atoms with Crippen molar-refractivity contribution in [1.82, 2.24) is 0 Å². The third kappa shape index (κ3) is 6.17. The van der Waals surface area contributed by atoms with Gasteiger partial charge in [-0.3, -0.25) is 4.79 Å². The van der Waals surface area contributed by atoms with Crippen LogP contribution in [0.1, 0.15) is 37.7 Å². The van der Waals surface area contributed by atoms with Crippen LogP contribution in [0.3, 0.4) is 0 Å². The number of carbonyl (C=O) groups is 2. The van der Waals surface area contributed by atoms with Gasteiger partial charge in [0.05, 0.1) is 17.9 Å². The van der Waals surface area contributed by atoms with Gasteiger partial charge in [0.1, 0.15) is 22.1 Å². The Morgan fingerprint density at radius 3 is 2.48 bits per heavy atom. The first kappa shape index (κ1) is 24.9. The van der Waals surface area contributed by atoms with Crippen LogP contribution in [0, 0.1) is 12.8 Å². The maximum Gasteiger partial charge on any atom is 0.396 e. The van der Waals surface area contributed by atoms with Gasteiger partial charge >= 0.3 is 11.9 Å². The molecule has 0 atom stereocenters. The molecule has 10 heteroatoms. The summed E-state index contributed by atoms with van der Waals surface area (Å²) in [6, 6.07) is 6.94. The Kier molecular flexibility index (Phi) is 7.86. The van der Waals surface area contributed by atoms with Crippen molar-refractivity contribution >= 4 is 39.0 Å². The average Bonchev–Trinajstić information content (AvgIpc) is 2.77. The van der Waals surface area contributed by atoms with E-state index in [1.165, 1.54) is 24.3 Å². The molecule has 33 heavy (non-hydrogen) atoms. The predicted octanol–water partition coefficient (Wildman–Crippen LogP) is 4.61. The number of methoxy groups -OCH3 is 1. The lowest BCUT2D eigenvalue weighted by atomic mass is 9.91. The number of esters is 1. The van der Waals surface area contributed by atoms with Crippen molar-refractivity contribution in [3.8, 4) is 17.2 Å². The molecule has 1 saturated carbocycles. The molecule has 178 valence electrons.